The molecule has 1 saturated carbocycles. The fourth-order valence-electron chi connectivity index (χ4n) is 4.36. The number of carbonyl (C=O) groups excluding carboxylic acids is 1. The second kappa shape index (κ2) is 10.5. The van der Waals surface area contributed by atoms with Gasteiger partial charge in [0.25, 0.3) is 5.91 Å². The molecule has 2 aromatic carbocycles. The molecule has 2 aromatic rings. The maximum Gasteiger partial charge on any atom is 0.267 e. The monoisotopic (exact) mass is 569 g/mol. The molecule has 4 rings (SSSR count). The van der Waals surface area contributed by atoms with Crippen LogP contribution in [0.25, 0.3) is 0 Å². The Morgan fingerprint density at radius 1 is 1.06 bits per heavy atom. The van der Waals surface area contributed by atoms with Crippen LogP contribution in [0.15, 0.2) is 47.6 Å². The van der Waals surface area contributed by atoms with E-state index in [2.05, 4.69) is 52.2 Å². The Labute approximate surface area is 207 Å². The Morgan fingerprint density at radius 2 is 1.77 bits per heavy atom. The van der Waals surface area contributed by atoms with Crippen molar-refractivity contribution in [1.29, 1.82) is 0 Å². The van der Waals surface area contributed by atoms with Gasteiger partial charge in [0.05, 0.1) is 16.8 Å². The van der Waals surface area contributed by atoms with Crippen molar-refractivity contribution in [3.8, 4) is 0 Å². The lowest BCUT2D eigenvalue weighted by molar-refractivity contribution is -0.115. The Bertz CT molecular complexity index is 956. The van der Waals surface area contributed by atoms with Gasteiger partial charge in [-0.3, -0.25) is 9.80 Å². The molecular formula is C24H26Cl2IN3O. The summed E-state index contributed by atoms with van der Waals surface area (Å²) in [6.07, 6.45) is 8.35. The molecule has 0 spiro atoms. The number of rotatable bonds is 5. The highest BCUT2D eigenvalue weighted by atomic mass is 127. The number of nitrogens with one attached hydrogen (secondary N) is 1. The number of amides is 1. The van der Waals surface area contributed by atoms with Crippen LogP contribution >= 0.6 is 45.8 Å². The van der Waals surface area contributed by atoms with Crippen LogP contribution in [0.5, 0.6) is 0 Å². The van der Waals surface area contributed by atoms with E-state index in [1.165, 1.54) is 34.8 Å². The summed E-state index contributed by atoms with van der Waals surface area (Å²) in [5, 5.41) is 11.0. The van der Waals surface area contributed by atoms with Gasteiger partial charge in [0.15, 0.2) is 0 Å². The molecule has 0 radical (unpaired) electrons. The van der Waals surface area contributed by atoms with Gasteiger partial charge in [0.2, 0.25) is 0 Å². The van der Waals surface area contributed by atoms with E-state index in [0.29, 0.717) is 22.2 Å². The maximum atomic E-state index is 13.1. The van der Waals surface area contributed by atoms with Crippen LogP contribution in [-0.2, 0) is 11.2 Å². The average molecular weight is 570 g/mol. The fourth-order valence-corrected chi connectivity index (χ4v) is 5.22. The molecule has 1 aliphatic carbocycles. The second-order valence-corrected chi connectivity index (χ2v) is 10.4. The molecule has 1 fully saturated rings. The number of anilines is 1. The maximum absolute atomic E-state index is 13.1. The summed E-state index contributed by atoms with van der Waals surface area (Å²) in [5.74, 6) is -0.0490. The molecule has 1 N–H and O–H groups in total. The van der Waals surface area contributed by atoms with Crippen LogP contribution in [0.2, 0.25) is 10.0 Å². The van der Waals surface area contributed by atoms with Crippen LogP contribution in [0.1, 0.15) is 50.5 Å². The highest BCUT2D eigenvalue weighted by molar-refractivity contribution is 14.1. The summed E-state index contributed by atoms with van der Waals surface area (Å²) >= 11 is 14.9. The zero-order chi connectivity index (χ0) is 21.8. The van der Waals surface area contributed by atoms with E-state index < -0.39 is 0 Å². The van der Waals surface area contributed by atoms with E-state index in [0.717, 1.165) is 24.9 Å². The Kier molecular flexibility index (Phi) is 7.77. The first-order valence-corrected chi connectivity index (χ1v) is 12.7. The van der Waals surface area contributed by atoms with Gasteiger partial charge in [-0.2, -0.15) is 5.10 Å². The van der Waals surface area contributed by atoms with Crippen molar-refractivity contribution in [3.05, 3.63) is 61.6 Å². The Hall–Kier alpha value is -1.31. The van der Waals surface area contributed by atoms with Gasteiger partial charge >= 0.3 is 0 Å². The highest BCUT2D eigenvalue weighted by Gasteiger charge is 2.33. The second-order valence-electron chi connectivity index (χ2n) is 8.34. The minimum absolute atomic E-state index is 0.0219. The Balaban J connectivity index is 1.55. The summed E-state index contributed by atoms with van der Waals surface area (Å²) in [7, 11) is 0. The first-order chi connectivity index (χ1) is 15.0. The van der Waals surface area contributed by atoms with Gasteiger partial charge in [-0.05, 0) is 77.7 Å². The molecule has 4 nitrogen and oxygen atoms in total. The summed E-state index contributed by atoms with van der Waals surface area (Å²) in [4.78, 5) is 13.1. The van der Waals surface area contributed by atoms with Crippen molar-refractivity contribution >= 4 is 63.1 Å². The van der Waals surface area contributed by atoms with Crippen LogP contribution < -0.4 is 10.3 Å². The van der Waals surface area contributed by atoms with Gasteiger partial charge in [0, 0.05) is 21.1 Å². The van der Waals surface area contributed by atoms with Crippen LogP contribution in [0.3, 0.4) is 0 Å². The topological polar surface area (TPSA) is 44.7 Å². The molecule has 164 valence electrons. The number of hydrogen-bond acceptors (Lipinski definition) is 3. The van der Waals surface area contributed by atoms with E-state index in [-0.39, 0.29) is 18.0 Å². The highest BCUT2D eigenvalue weighted by Crippen LogP contribution is 2.34. The van der Waals surface area contributed by atoms with Crippen molar-refractivity contribution in [3.63, 3.8) is 0 Å². The standard InChI is InChI=1S/C24H26Cl2IN3O/c25-17-9-12-23(21(26)14-17)30-20(13-16-7-10-18(27)11-8-16)15-22(29-30)24(31)28-19-5-3-1-2-4-6-19/h7-12,14,19-20H,1-6,13,15H2,(H,28,31). The molecule has 2 aliphatic rings. The van der Waals surface area contributed by atoms with E-state index >= 15 is 0 Å². The van der Waals surface area contributed by atoms with E-state index in [1.807, 2.05) is 17.1 Å². The molecular weight excluding hydrogens is 544 g/mol. The number of halogens is 3. The van der Waals surface area contributed by atoms with Crippen LogP contribution in [0, 0.1) is 3.57 Å². The first-order valence-electron chi connectivity index (χ1n) is 10.9. The van der Waals surface area contributed by atoms with Crippen LogP contribution in [-0.4, -0.2) is 23.7 Å². The number of nitrogens with zero attached hydrogens (tertiary/aromatic N) is 2. The third kappa shape index (κ3) is 5.93. The van der Waals surface area contributed by atoms with E-state index in [1.54, 1.807) is 6.07 Å². The SMILES string of the molecule is O=C(NC1CCCCCC1)C1=NN(c2ccc(Cl)cc2Cl)C(Cc2ccc(I)cc2)C1. The van der Waals surface area contributed by atoms with Crippen molar-refractivity contribution in [2.75, 3.05) is 5.01 Å². The minimum atomic E-state index is -0.0490. The summed E-state index contributed by atoms with van der Waals surface area (Å²) < 4.78 is 1.20. The molecule has 0 bridgehead atoms. The smallest absolute Gasteiger partial charge is 0.267 e. The summed E-state index contributed by atoms with van der Waals surface area (Å²) in [6.45, 7) is 0. The van der Waals surface area contributed by atoms with Crippen molar-refractivity contribution in [2.45, 2.75) is 63.5 Å². The number of hydrogen-bond donors (Lipinski definition) is 1. The van der Waals surface area contributed by atoms with Gasteiger partial charge in [-0.1, -0.05) is 61.0 Å². The molecule has 31 heavy (non-hydrogen) atoms. The van der Waals surface area contributed by atoms with E-state index in [4.69, 9.17) is 28.3 Å². The third-order valence-corrected chi connectivity index (χ3v) is 7.25. The zero-order valence-electron chi connectivity index (χ0n) is 17.3. The number of benzene rings is 2. The summed E-state index contributed by atoms with van der Waals surface area (Å²) in [5.41, 5.74) is 2.56. The first kappa shape index (κ1) is 22.9. The largest absolute Gasteiger partial charge is 0.348 e. The molecule has 1 atom stereocenters. The minimum Gasteiger partial charge on any atom is -0.348 e. The van der Waals surface area contributed by atoms with Gasteiger partial charge in [-0.25, -0.2) is 0 Å². The normalized spacial score (nSPS) is 19.8. The lowest BCUT2D eigenvalue weighted by atomic mass is 10.0. The molecule has 1 heterocycles. The molecule has 0 saturated heterocycles. The molecule has 0 aromatic heterocycles. The molecule has 1 aliphatic heterocycles. The average Bonchev–Trinajstić information content (AvgIpc) is 2.97. The Morgan fingerprint density at radius 3 is 2.45 bits per heavy atom. The molecule has 1 unspecified atom stereocenters. The van der Waals surface area contributed by atoms with E-state index in [9.17, 15) is 4.79 Å². The third-order valence-electron chi connectivity index (χ3n) is 6.00. The van der Waals surface area contributed by atoms with Crippen molar-refractivity contribution < 1.29 is 4.79 Å². The molecule has 1 amide bonds. The zero-order valence-corrected chi connectivity index (χ0v) is 21.0. The van der Waals surface area contributed by atoms with Gasteiger partial charge in [0.1, 0.15) is 5.71 Å². The van der Waals surface area contributed by atoms with Crippen molar-refractivity contribution in [1.82, 2.24) is 5.32 Å². The van der Waals surface area contributed by atoms with Gasteiger partial charge in [-0.15, -0.1) is 0 Å². The fraction of sp³-hybridized carbons (Fsp3) is 0.417. The number of carbonyl (C=O) groups is 1. The van der Waals surface area contributed by atoms with Crippen molar-refractivity contribution in [2.24, 2.45) is 5.10 Å². The van der Waals surface area contributed by atoms with Gasteiger partial charge < -0.3 is 5.32 Å². The summed E-state index contributed by atoms with van der Waals surface area (Å²) in [6, 6.07) is 14.1. The number of hydrazone groups is 1. The van der Waals surface area contributed by atoms with Crippen LogP contribution in [0.4, 0.5) is 5.69 Å². The predicted octanol–water partition coefficient (Wildman–Crippen LogP) is 6.61. The lowest BCUT2D eigenvalue weighted by Gasteiger charge is -2.24. The predicted molar refractivity (Wildman–Crippen MR) is 137 cm³/mol. The molecule has 7 heteroatoms. The quantitative estimate of drug-likeness (QED) is 0.325. The lowest BCUT2D eigenvalue weighted by Crippen LogP contribution is -2.39.